The average molecular weight is 362 g/mol. The van der Waals surface area contributed by atoms with Crippen LogP contribution in [-0.4, -0.2) is 18.0 Å². The van der Waals surface area contributed by atoms with E-state index in [0.717, 1.165) is 16.4 Å². The standard InChI is InChI=1S/C14H18Br2O/c15-10-12(5-8-14-2-1-9-17-14)11-3-6-13(16)7-4-11/h3-4,6-7,12,14H,1-2,5,8-10H2. The minimum absolute atomic E-state index is 0.506. The number of hydrogen-bond donors (Lipinski definition) is 0. The van der Waals surface area contributed by atoms with Crippen LogP contribution in [0.4, 0.5) is 0 Å². The molecule has 0 N–H and O–H groups in total. The molecule has 0 aromatic heterocycles. The van der Waals surface area contributed by atoms with Crippen molar-refractivity contribution < 1.29 is 4.74 Å². The molecular formula is C14H18Br2O. The summed E-state index contributed by atoms with van der Waals surface area (Å²) in [5, 5.41) is 1.03. The molecule has 0 saturated carbocycles. The zero-order valence-electron chi connectivity index (χ0n) is 9.87. The lowest BCUT2D eigenvalue weighted by Crippen LogP contribution is -2.09. The van der Waals surface area contributed by atoms with Crippen molar-refractivity contribution in [3.63, 3.8) is 0 Å². The Morgan fingerprint density at radius 1 is 1.29 bits per heavy atom. The van der Waals surface area contributed by atoms with Gasteiger partial charge >= 0.3 is 0 Å². The fourth-order valence-electron chi connectivity index (χ4n) is 2.33. The third-order valence-electron chi connectivity index (χ3n) is 3.39. The van der Waals surface area contributed by atoms with Crippen LogP contribution in [0.2, 0.25) is 0 Å². The van der Waals surface area contributed by atoms with E-state index in [2.05, 4.69) is 56.1 Å². The Bertz CT molecular complexity index is 331. The van der Waals surface area contributed by atoms with Gasteiger partial charge in [-0.3, -0.25) is 0 Å². The van der Waals surface area contributed by atoms with E-state index in [1.54, 1.807) is 0 Å². The smallest absolute Gasteiger partial charge is 0.0576 e. The Kier molecular flexibility index (Phi) is 5.51. The van der Waals surface area contributed by atoms with Gasteiger partial charge in [0.15, 0.2) is 0 Å². The molecule has 3 heteroatoms. The lowest BCUT2D eigenvalue weighted by atomic mass is 9.94. The van der Waals surface area contributed by atoms with Gasteiger partial charge in [0.2, 0.25) is 0 Å². The number of ether oxygens (including phenoxy) is 1. The van der Waals surface area contributed by atoms with Gasteiger partial charge in [-0.1, -0.05) is 44.0 Å². The molecule has 1 aromatic rings. The summed E-state index contributed by atoms with van der Waals surface area (Å²) in [4.78, 5) is 0. The first-order chi connectivity index (χ1) is 8.29. The summed E-state index contributed by atoms with van der Waals surface area (Å²) in [5.74, 6) is 0.604. The van der Waals surface area contributed by atoms with Crippen molar-refractivity contribution in [2.24, 2.45) is 0 Å². The Morgan fingerprint density at radius 2 is 2.06 bits per heavy atom. The van der Waals surface area contributed by atoms with Crippen LogP contribution in [0.3, 0.4) is 0 Å². The minimum atomic E-state index is 0.506. The molecule has 1 nitrogen and oxygen atoms in total. The van der Waals surface area contributed by atoms with Crippen LogP contribution >= 0.6 is 31.9 Å². The first-order valence-electron chi connectivity index (χ1n) is 6.22. The van der Waals surface area contributed by atoms with Gasteiger partial charge in [-0.2, -0.15) is 0 Å². The molecule has 1 aliphatic rings. The Morgan fingerprint density at radius 3 is 2.65 bits per heavy atom. The van der Waals surface area contributed by atoms with E-state index >= 15 is 0 Å². The van der Waals surface area contributed by atoms with Crippen molar-refractivity contribution in [1.29, 1.82) is 0 Å². The van der Waals surface area contributed by atoms with E-state index in [9.17, 15) is 0 Å². The first-order valence-corrected chi connectivity index (χ1v) is 8.14. The van der Waals surface area contributed by atoms with Crippen LogP contribution in [-0.2, 0) is 4.74 Å². The predicted molar refractivity (Wildman–Crippen MR) is 78.9 cm³/mol. The lowest BCUT2D eigenvalue weighted by Gasteiger charge is -2.17. The van der Waals surface area contributed by atoms with Gasteiger partial charge in [0.05, 0.1) is 6.10 Å². The summed E-state index contributed by atoms with van der Waals surface area (Å²) < 4.78 is 6.83. The Labute approximate surface area is 120 Å². The quantitative estimate of drug-likeness (QED) is 0.678. The summed E-state index contributed by atoms with van der Waals surface area (Å²) in [5.41, 5.74) is 1.42. The summed E-state index contributed by atoms with van der Waals surface area (Å²) >= 11 is 7.11. The molecule has 0 bridgehead atoms. The van der Waals surface area contributed by atoms with Crippen LogP contribution in [0.25, 0.3) is 0 Å². The molecule has 0 spiro atoms. The summed E-state index contributed by atoms with van der Waals surface area (Å²) in [6.45, 7) is 0.960. The highest BCUT2D eigenvalue weighted by atomic mass is 79.9. The molecule has 1 fully saturated rings. The molecule has 2 atom stereocenters. The van der Waals surface area contributed by atoms with Gasteiger partial charge < -0.3 is 4.74 Å². The van der Waals surface area contributed by atoms with Crippen molar-refractivity contribution >= 4 is 31.9 Å². The Hall–Kier alpha value is 0.140. The zero-order valence-corrected chi connectivity index (χ0v) is 13.0. The van der Waals surface area contributed by atoms with Crippen molar-refractivity contribution in [1.82, 2.24) is 0 Å². The third-order valence-corrected chi connectivity index (χ3v) is 4.70. The highest BCUT2D eigenvalue weighted by Crippen LogP contribution is 2.28. The van der Waals surface area contributed by atoms with E-state index < -0.39 is 0 Å². The highest BCUT2D eigenvalue weighted by molar-refractivity contribution is 9.10. The fraction of sp³-hybridized carbons (Fsp3) is 0.571. The van der Waals surface area contributed by atoms with Gasteiger partial charge in [0, 0.05) is 16.4 Å². The first kappa shape index (κ1) is 13.6. The second kappa shape index (κ2) is 6.91. The topological polar surface area (TPSA) is 9.23 Å². The van der Waals surface area contributed by atoms with Crippen molar-refractivity contribution in [3.05, 3.63) is 34.3 Å². The minimum Gasteiger partial charge on any atom is -0.378 e. The van der Waals surface area contributed by atoms with Gasteiger partial charge in [0.1, 0.15) is 0 Å². The second-order valence-electron chi connectivity index (χ2n) is 4.62. The van der Waals surface area contributed by atoms with Crippen LogP contribution in [0.15, 0.2) is 28.7 Å². The molecule has 0 aliphatic carbocycles. The Balaban J connectivity index is 1.89. The van der Waals surface area contributed by atoms with Crippen molar-refractivity contribution in [2.75, 3.05) is 11.9 Å². The monoisotopic (exact) mass is 360 g/mol. The summed E-state index contributed by atoms with van der Waals surface area (Å²) in [6.07, 6.45) is 5.38. The maximum absolute atomic E-state index is 5.68. The maximum Gasteiger partial charge on any atom is 0.0576 e. The van der Waals surface area contributed by atoms with Gasteiger partial charge in [0.25, 0.3) is 0 Å². The van der Waals surface area contributed by atoms with E-state index in [1.807, 2.05) is 0 Å². The number of benzene rings is 1. The summed E-state index contributed by atoms with van der Waals surface area (Å²) in [6, 6.07) is 8.67. The largest absolute Gasteiger partial charge is 0.378 e. The van der Waals surface area contributed by atoms with Crippen LogP contribution in [0, 0.1) is 0 Å². The number of rotatable bonds is 5. The lowest BCUT2D eigenvalue weighted by molar-refractivity contribution is 0.101. The maximum atomic E-state index is 5.68. The molecule has 1 saturated heterocycles. The molecule has 2 rings (SSSR count). The van der Waals surface area contributed by atoms with Crippen molar-refractivity contribution in [3.8, 4) is 0 Å². The van der Waals surface area contributed by atoms with E-state index in [1.165, 1.54) is 31.2 Å². The molecule has 0 amide bonds. The molecule has 2 unspecified atom stereocenters. The molecule has 1 aromatic carbocycles. The number of halogens is 2. The van der Waals surface area contributed by atoms with Crippen molar-refractivity contribution in [2.45, 2.75) is 37.7 Å². The molecule has 1 heterocycles. The van der Waals surface area contributed by atoms with E-state index in [-0.39, 0.29) is 0 Å². The molecule has 1 aliphatic heterocycles. The van der Waals surface area contributed by atoms with Crippen LogP contribution in [0.5, 0.6) is 0 Å². The molecule has 17 heavy (non-hydrogen) atoms. The molecule has 0 radical (unpaired) electrons. The average Bonchev–Trinajstić information content (AvgIpc) is 2.85. The SMILES string of the molecule is BrCC(CCC1CCCO1)c1ccc(Br)cc1. The second-order valence-corrected chi connectivity index (χ2v) is 6.18. The summed E-state index contributed by atoms with van der Waals surface area (Å²) in [7, 11) is 0. The fourth-order valence-corrected chi connectivity index (χ4v) is 3.29. The number of alkyl halides is 1. The molecular weight excluding hydrogens is 344 g/mol. The van der Waals surface area contributed by atoms with Gasteiger partial charge in [-0.25, -0.2) is 0 Å². The van der Waals surface area contributed by atoms with E-state index in [4.69, 9.17) is 4.74 Å². The third kappa shape index (κ3) is 4.08. The predicted octanol–water partition coefficient (Wildman–Crippen LogP) is 4.89. The highest BCUT2D eigenvalue weighted by Gasteiger charge is 2.18. The zero-order chi connectivity index (χ0) is 12.1. The van der Waals surface area contributed by atoms with E-state index in [0.29, 0.717) is 12.0 Å². The van der Waals surface area contributed by atoms with Gasteiger partial charge in [-0.15, -0.1) is 0 Å². The van der Waals surface area contributed by atoms with Crippen LogP contribution in [0.1, 0.15) is 37.2 Å². The molecule has 94 valence electrons. The normalized spacial score (nSPS) is 21.6. The van der Waals surface area contributed by atoms with Crippen LogP contribution < -0.4 is 0 Å². The number of hydrogen-bond acceptors (Lipinski definition) is 1. The van der Waals surface area contributed by atoms with Gasteiger partial charge in [-0.05, 0) is 49.3 Å².